The summed E-state index contributed by atoms with van der Waals surface area (Å²) in [7, 11) is 1.52. The fourth-order valence-corrected chi connectivity index (χ4v) is 2.77. The lowest BCUT2D eigenvalue weighted by atomic mass is 10.2. The molecule has 0 saturated carbocycles. The molecule has 0 heterocycles. The van der Waals surface area contributed by atoms with Gasteiger partial charge in [-0.15, -0.1) is 0 Å². The van der Waals surface area contributed by atoms with Crippen molar-refractivity contribution >= 4 is 50.7 Å². The molecule has 0 unspecified atom stereocenters. The number of hydrogen-bond donors (Lipinski definition) is 1. The highest BCUT2D eigenvalue weighted by atomic mass is 79.9. The molecule has 2 aromatic rings. The predicted octanol–water partition coefficient (Wildman–Crippen LogP) is 5.42. The number of anilines is 1. The minimum atomic E-state index is -0.301. The number of methoxy groups -OCH3 is 1. The van der Waals surface area contributed by atoms with Crippen LogP contribution in [-0.2, 0) is 0 Å². The molecule has 0 bridgehead atoms. The summed E-state index contributed by atoms with van der Waals surface area (Å²) in [6.45, 7) is 2.36. The lowest BCUT2D eigenvalue weighted by Crippen LogP contribution is -2.12. The van der Waals surface area contributed by atoms with Gasteiger partial charge >= 0.3 is 0 Å². The zero-order valence-corrected chi connectivity index (χ0v) is 15.6. The van der Waals surface area contributed by atoms with Crippen LogP contribution in [0.3, 0.4) is 0 Å². The smallest absolute Gasteiger partial charge is 0.255 e. The van der Waals surface area contributed by atoms with E-state index in [1.54, 1.807) is 30.3 Å². The molecular weight excluding hydrogens is 405 g/mol. The lowest BCUT2D eigenvalue weighted by molar-refractivity contribution is 0.102. The number of ether oxygens (including phenoxy) is 2. The maximum Gasteiger partial charge on any atom is 0.255 e. The second-order valence-electron chi connectivity index (χ2n) is 4.51. The Balaban J connectivity index is 2.28. The van der Waals surface area contributed by atoms with Gasteiger partial charge in [0.05, 0.1) is 28.2 Å². The number of halogens is 3. The Morgan fingerprint density at radius 3 is 2.57 bits per heavy atom. The minimum Gasteiger partial charge on any atom is -0.493 e. The van der Waals surface area contributed by atoms with E-state index in [2.05, 4.69) is 21.2 Å². The maximum atomic E-state index is 12.4. The van der Waals surface area contributed by atoms with Crippen LogP contribution in [0.15, 0.2) is 34.8 Å². The van der Waals surface area contributed by atoms with Gasteiger partial charge in [-0.1, -0.05) is 23.2 Å². The lowest BCUT2D eigenvalue weighted by Gasteiger charge is -2.13. The number of nitrogens with one attached hydrogen (secondary N) is 1. The highest BCUT2D eigenvalue weighted by molar-refractivity contribution is 9.10. The molecule has 0 atom stereocenters. The molecule has 1 amide bonds. The fourth-order valence-electron chi connectivity index (χ4n) is 1.91. The number of carbonyl (C=O) groups is 1. The van der Waals surface area contributed by atoms with Crippen LogP contribution in [0.4, 0.5) is 5.69 Å². The van der Waals surface area contributed by atoms with Crippen molar-refractivity contribution in [3.8, 4) is 11.5 Å². The summed E-state index contributed by atoms with van der Waals surface area (Å²) in [5.74, 6) is 0.729. The fraction of sp³-hybridized carbons (Fsp3) is 0.188. The topological polar surface area (TPSA) is 47.6 Å². The van der Waals surface area contributed by atoms with E-state index in [9.17, 15) is 4.79 Å². The first kappa shape index (κ1) is 17.9. The molecule has 0 spiro atoms. The average Bonchev–Trinajstić information content (AvgIpc) is 2.52. The highest BCUT2D eigenvalue weighted by Gasteiger charge is 2.15. The molecular formula is C16H14BrCl2NO3. The highest BCUT2D eigenvalue weighted by Crippen LogP contribution is 2.37. The maximum absolute atomic E-state index is 12.4. The van der Waals surface area contributed by atoms with Crippen LogP contribution >= 0.6 is 39.1 Å². The molecule has 0 aromatic heterocycles. The first-order chi connectivity index (χ1) is 11.0. The van der Waals surface area contributed by atoms with E-state index < -0.39 is 0 Å². The van der Waals surface area contributed by atoms with E-state index in [4.69, 9.17) is 32.7 Å². The van der Waals surface area contributed by atoms with Crippen molar-refractivity contribution in [1.29, 1.82) is 0 Å². The van der Waals surface area contributed by atoms with Crippen molar-refractivity contribution in [2.45, 2.75) is 6.92 Å². The molecule has 0 aliphatic carbocycles. The van der Waals surface area contributed by atoms with Crippen LogP contribution in [-0.4, -0.2) is 19.6 Å². The first-order valence-electron chi connectivity index (χ1n) is 6.73. The van der Waals surface area contributed by atoms with Gasteiger partial charge < -0.3 is 14.8 Å². The van der Waals surface area contributed by atoms with Gasteiger partial charge in [-0.3, -0.25) is 4.79 Å². The molecule has 122 valence electrons. The molecule has 0 saturated heterocycles. The van der Waals surface area contributed by atoms with E-state index in [0.717, 1.165) is 0 Å². The molecule has 4 nitrogen and oxygen atoms in total. The Labute approximate surface area is 152 Å². The van der Waals surface area contributed by atoms with Gasteiger partial charge in [0.25, 0.3) is 5.91 Å². The normalized spacial score (nSPS) is 10.3. The summed E-state index contributed by atoms with van der Waals surface area (Å²) in [5.41, 5.74) is 0.969. The molecule has 0 radical (unpaired) electrons. The zero-order chi connectivity index (χ0) is 17.0. The first-order valence-corrected chi connectivity index (χ1v) is 8.28. The minimum absolute atomic E-state index is 0.301. The molecule has 2 rings (SSSR count). The molecule has 0 aliphatic rings. The van der Waals surface area contributed by atoms with Crippen molar-refractivity contribution in [1.82, 2.24) is 0 Å². The largest absolute Gasteiger partial charge is 0.493 e. The van der Waals surface area contributed by atoms with E-state index in [1.165, 1.54) is 7.11 Å². The second kappa shape index (κ2) is 7.90. The third kappa shape index (κ3) is 4.31. The number of benzene rings is 2. The number of rotatable bonds is 5. The monoisotopic (exact) mass is 417 g/mol. The van der Waals surface area contributed by atoms with Crippen molar-refractivity contribution < 1.29 is 14.3 Å². The molecule has 0 aliphatic heterocycles. The number of hydrogen-bond acceptors (Lipinski definition) is 3. The van der Waals surface area contributed by atoms with Gasteiger partial charge in [0, 0.05) is 11.3 Å². The van der Waals surface area contributed by atoms with E-state index in [1.807, 2.05) is 6.92 Å². The van der Waals surface area contributed by atoms with Gasteiger partial charge in [-0.25, -0.2) is 0 Å². The van der Waals surface area contributed by atoms with Crippen LogP contribution in [0.1, 0.15) is 17.3 Å². The van der Waals surface area contributed by atoms with Gasteiger partial charge in [0.15, 0.2) is 11.5 Å². The van der Waals surface area contributed by atoms with Crippen molar-refractivity contribution in [2.75, 3.05) is 19.0 Å². The third-order valence-corrected chi connectivity index (χ3v) is 4.29. The molecule has 2 aromatic carbocycles. The van der Waals surface area contributed by atoms with Crippen LogP contribution in [0.5, 0.6) is 11.5 Å². The summed E-state index contributed by atoms with van der Waals surface area (Å²) >= 11 is 15.2. The molecule has 7 heteroatoms. The predicted molar refractivity (Wildman–Crippen MR) is 96.3 cm³/mol. The SMILES string of the molecule is CCOc1c(Br)cc(C(=O)Nc2ccc(Cl)c(Cl)c2)cc1OC. The Morgan fingerprint density at radius 2 is 1.96 bits per heavy atom. The van der Waals surface area contributed by atoms with Crippen LogP contribution in [0, 0.1) is 0 Å². The summed E-state index contributed by atoms with van der Waals surface area (Å²) in [5, 5.41) is 3.55. The van der Waals surface area contributed by atoms with Crippen LogP contribution in [0.25, 0.3) is 0 Å². The van der Waals surface area contributed by atoms with Gasteiger partial charge in [-0.2, -0.15) is 0 Å². The summed E-state index contributed by atoms with van der Waals surface area (Å²) in [6, 6.07) is 8.16. The summed E-state index contributed by atoms with van der Waals surface area (Å²) in [6.07, 6.45) is 0. The standard InChI is InChI=1S/C16H14BrCl2NO3/c1-3-23-15-11(17)6-9(7-14(15)22-2)16(21)20-10-4-5-12(18)13(19)8-10/h4-8H,3H2,1-2H3,(H,20,21). The quantitative estimate of drug-likeness (QED) is 0.705. The van der Waals surface area contributed by atoms with E-state index in [0.29, 0.717) is 43.9 Å². The Hall–Kier alpha value is -1.43. The van der Waals surface area contributed by atoms with Gasteiger partial charge in [0.1, 0.15) is 0 Å². The number of carbonyl (C=O) groups excluding carboxylic acids is 1. The van der Waals surface area contributed by atoms with Crippen LogP contribution < -0.4 is 14.8 Å². The van der Waals surface area contributed by atoms with Crippen LogP contribution in [0.2, 0.25) is 10.0 Å². The summed E-state index contributed by atoms with van der Waals surface area (Å²) in [4.78, 5) is 12.4. The van der Waals surface area contributed by atoms with Gasteiger partial charge in [-0.05, 0) is 53.2 Å². The average molecular weight is 419 g/mol. The van der Waals surface area contributed by atoms with Crippen molar-refractivity contribution in [3.05, 3.63) is 50.4 Å². The number of amides is 1. The molecule has 23 heavy (non-hydrogen) atoms. The van der Waals surface area contributed by atoms with Gasteiger partial charge in [0.2, 0.25) is 0 Å². The second-order valence-corrected chi connectivity index (χ2v) is 6.17. The van der Waals surface area contributed by atoms with Crippen molar-refractivity contribution in [2.24, 2.45) is 0 Å². The van der Waals surface area contributed by atoms with Crippen molar-refractivity contribution in [3.63, 3.8) is 0 Å². The van der Waals surface area contributed by atoms with E-state index in [-0.39, 0.29) is 5.91 Å². The molecule has 0 fully saturated rings. The molecule has 1 N–H and O–H groups in total. The Morgan fingerprint density at radius 1 is 1.22 bits per heavy atom. The Kier molecular flexibility index (Phi) is 6.16. The van der Waals surface area contributed by atoms with E-state index >= 15 is 0 Å². The summed E-state index contributed by atoms with van der Waals surface area (Å²) < 4.78 is 11.4. The Bertz CT molecular complexity index is 738. The zero-order valence-electron chi connectivity index (χ0n) is 12.5. The third-order valence-electron chi connectivity index (χ3n) is 2.96.